The molecule has 0 unspecified atom stereocenters. The maximum Gasteiger partial charge on any atom is 0.132 e. The number of benzene rings is 5. The van der Waals surface area contributed by atoms with Crippen LogP contribution >= 0.6 is 0 Å². The van der Waals surface area contributed by atoms with Crippen molar-refractivity contribution in [3.8, 4) is 11.5 Å². The molecular weight excluding hydrogens is 364 g/mol. The first-order valence-corrected chi connectivity index (χ1v) is 10.3. The summed E-state index contributed by atoms with van der Waals surface area (Å²) in [6, 6.07) is 36.2. The van der Waals surface area contributed by atoms with Crippen LogP contribution in [0.5, 0.6) is 11.5 Å². The fourth-order valence-electron chi connectivity index (χ4n) is 4.60. The topological polar surface area (TPSA) is 9.23 Å². The van der Waals surface area contributed by atoms with Gasteiger partial charge >= 0.3 is 0 Å². The first-order chi connectivity index (χ1) is 14.9. The number of rotatable bonds is 2. The Morgan fingerprint density at radius 3 is 1.67 bits per heavy atom. The quantitative estimate of drug-likeness (QED) is 0.300. The zero-order valence-corrected chi connectivity index (χ0v) is 16.5. The predicted molar refractivity (Wildman–Crippen MR) is 125 cm³/mol. The zero-order chi connectivity index (χ0) is 19.9. The van der Waals surface area contributed by atoms with Crippen LogP contribution in [0.3, 0.4) is 0 Å². The van der Waals surface area contributed by atoms with Crippen molar-refractivity contribution in [1.82, 2.24) is 0 Å². The maximum absolute atomic E-state index is 6.44. The molecule has 30 heavy (non-hydrogen) atoms. The summed E-state index contributed by atoms with van der Waals surface area (Å²) in [7, 11) is 0. The standard InChI is InChI=1S/C29H20O/c1-2-8-20(9-3-1)14-17-25-28-23-12-6-4-10-21(23)15-18-26(28)30-27-19-16-22-11-5-7-13-24(22)29(25)27/h1-19,25H/b17-14+. The molecule has 142 valence electrons. The third kappa shape index (κ3) is 2.71. The molecule has 0 saturated carbocycles. The lowest BCUT2D eigenvalue weighted by molar-refractivity contribution is 0.457. The van der Waals surface area contributed by atoms with Crippen molar-refractivity contribution in [3.05, 3.63) is 126 Å². The fourth-order valence-corrected chi connectivity index (χ4v) is 4.60. The Balaban J connectivity index is 1.65. The van der Waals surface area contributed by atoms with Crippen molar-refractivity contribution in [2.24, 2.45) is 0 Å². The average Bonchev–Trinajstić information content (AvgIpc) is 2.82. The van der Waals surface area contributed by atoms with E-state index in [0.717, 1.165) is 11.5 Å². The Kier molecular flexibility index (Phi) is 3.92. The summed E-state index contributed by atoms with van der Waals surface area (Å²) in [5.41, 5.74) is 3.68. The summed E-state index contributed by atoms with van der Waals surface area (Å²) < 4.78 is 6.44. The minimum absolute atomic E-state index is 0.112. The second-order valence-corrected chi connectivity index (χ2v) is 7.75. The lowest BCUT2D eigenvalue weighted by atomic mass is 9.82. The van der Waals surface area contributed by atoms with E-state index in [4.69, 9.17) is 4.74 Å². The summed E-state index contributed by atoms with van der Waals surface area (Å²) >= 11 is 0. The highest BCUT2D eigenvalue weighted by Crippen LogP contribution is 2.50. The number of ether oxygens (including phenoxy) is 1. The van der Waals surface area contributed by atoms with E-state index in [1.807, 2.05) is 0 Å². The van der Waals surface area contributed by atoms with Crippen LogP contribution in [0.4, 0.5) is 0 Å². The number of hydrogen-bond donors (Lipinski definition) is 0. The van der Waals surface area contributed by atoms with Crippen molar-refractivity contribution in [2.75, 3.05) is 0 Å². The summed E-state index contributed by atoms with van der Waals surface area (Å²) in [4.78, 5) is 0. The second kappa shape index (κ2) is 6.89. The molecule has 1 heteroatoms. The van der Waals surface area contributed by atoms with Crippen molar-refractivity contribution in [2.45, 2.75) is 5.92 Å². The highest BCUT2D eigenvalue weighted by atomic mass is 16.5. The Bertz CT molecular complexity index is 1330. The van der Waals surface area contributed by atoms with Gasteiger partial charge in [-0.1, -0.05) is 103 Å². The molecule has 0 atom stereocenters. The first-order valence-electron chi connectivity index (χ1n) is 10.3. The molecule has 0 aliphatic carbocycles. The zero-order valence-electron chi connectivity index (χ0n) is 16.5. The third-order valence-corrected chi connectivity index (χ3v) is 5.98. The smallest absolute Gasteiger partial charge is 0.132 e. The minimum Gasteiger partial charge on any atom is -0.457 e. The molecule has 1 aliphatic heterocycles. The molecule has 1 aliphatic rings. The molecule has 0 bridgehead atoms. The molecule has 0 N–H and O–H groups in total. The van der Waals surface area contributed by atoms with Crippen molar-refractivity contribution in [3.63, 3.8) is 0 Å². The van der Waals surface area contributed by atoms with Crippen LogP contribution in [0.15, 0.2) is 109 Å². The normalized spacial score (nSPS) is 13.3. The first kappa shape index (κ1) is 17.1. The monoisotopic (exact) mass is 384 g/mol. The third-order valence-electron chi connectivity index (χ3n) is 5.98. The van der Waals surface area contributed by atoms with Gasteiger partial charge in [0.05, 0.1) is 0 Å². The number of allylic oxidation sites excluding steroid dienone is 1. The predicted octanol–water partition coefficient (Wildman–Crippen LogP) is 7.94. The molecule has 0 radical (unpaired) electrons. The Labute approximate surface area is 175 Å². The van der Waals surface area contributed by atoms with E-state index in [2.05, 4.69) is 115 Å². The number of hydrogen-bond acceptors (Lipinski definition) is 1. The Morgan fingerprint density at radius 1 is 0.533 bits per heavy atom. The molecular formula is C29H20O. The minimum atomic E-state index is 0.112. The molecule has 0 aromatic heterocycles. The van der Waals surface area contributed by atoms with Gasteiger partial charge in [-0.15, -0.1) is 0 Å². The number of fused-ring (bicyclic) bond motifs is 6. The van der Waals surface area contributed by atoms with Crippen LogP contribution < -0.4 is 4.74 Å². The van der Waals surface area contributed by atoms with E-state index >= 15 is 0 Å². The second-order valence-electron chi connectivity index (χ2n) is 7.75. The Hall–Kier alpha value is -3.84. The highest BCUT2D eigenvalue weighted by molar-refractivity contribution is 5.94. The van der Waals surface area contributed by atoms with Gasteiger partial charge in [0.1, 0.15) is 11.5 Å². The van der Waals surface area contributed by atoms with E-state index in [0.29, 0.717) is 0 Å². The van der Waals surface area contributed by atoms with Gasteiger partial charge < -0.3 is 4.74 Å². The van der Waals surface area contributed by atoms with E-state index < -0.39 is 0 Å². The molecule has 5 aromatic carbocycles. The van der Waals surface area contributed by atoms with Crippen LogP contribution in [0.25, 0.3) is 27.6 Å². The lowest BCUT2D eigenvalue weighted by Crippen LogP contribution is -2.10. The lowest BCUT2D eigenvalue weighted by Gasteiger charge is -2.29. The maximum atomic E-state index is 6.44. The van der Waals surface area contributed by atoms with Crippen LogP contribution in [0.2, 0.25) is 0 Å². The van der Waals surface area contributed by atoms with Gasteiger partial charge in [-0.3, -0.25) is 0 Å². The molecule has 6 rings (SSSR count). The van der Waals surface area contributed by atoms with Gasteiger partial charge in [-0.05, 0) is 39.2 Å². The van der Waals surface area contributed by atoms with Gasteiger partial charge in [-0.25, -0.2) is 0 Å². The van der Waals surface area contributed by atoms with Gasteiger partial charge in [0.15, 0.2) is 0 Å². The van der Waals surface area contributed by atoms with Gasteiger partial charge in [-0.2, -0.15) is 0 Å². The van der Waals surface area contributed by atoms with Crippen LogP contribution in [0, 0.1) is 0 Å². The van der Waals surface area contributed by atoms with Crippen molar-refractivity contribution >= 4 is 27.6 Å². The van der Waals surface area contributed by atoms with Crippen molar-refractivity contribution in [1.29, 1.82) is 0 Å². The van der Waals surface area contributed by atoms with Crippen LogP contribution in [0.1, 0.15) is 22.6 Å². The van der Waals surface area contributed by atoms with E-state index in [1.54, 1.807) is 0 Å². The molecule has 0 fully saturated rings. The van der Waals surface area contributed by atoms with E-state index in [9.17, 15) is 0 Å². The SMILES string of the molecule is C(=C\C1c2c(ccc3ccccc23)Oc2ccc3ccccc3c21)/c1ccccc1. The summed E-state index contributed by atoms with van der Waals surface area (Å²) in [5, 5.41) is 4.97. The van der Waals surface area contributed by atoms with Gasteiger partial charge in [0.25, 0.3) is 0 Å². The molecule has 1 heterocycles. The highest BCUT2D eigenvalue weighted by Gasteiger charge is 2.29. The largest absolute Gasteiger partial charge is 0.457 e. The molecule has 0 spiro atoms. The van der Waals surface area contributed by atoms with Crippen LogP contribution in [-0.4, -0.2) is 0 Å². The van der Waals surface area contributed by atoms with E-state index in [1.165, 1.54) is 38.2 Å². The molecule has 0 amide bonds. The average molecular weight is 384 g/mol. The molecule has 5 aromatic rings. The van der Waals surface area contributed by atoms with Gasteiger partial charge in [0, 0.05) is 17.0 Å². The summed E-state index contributed by atoms with van der Waals surface area (Å²) in [6.07, 6.45) is 4.56. The van der Waals surface area contributed by atoms with Gasteiger partial charge in [0.2, 0.25) is 0 Å². The summed E-state index contributed by atoms with van der Waals surface area (Å²) in [5.74, 6) is 2.00. The van der Waals surface area contributed by atoms with Crippen molar-refractivity contribution < 1.29 is 4.74 Å². The molecule has 1 nitrogen and oxygen atoms in total. The Morgan fingerprint density at radius 2 is 1.07 bits per heavy atom. The van der Waals surface area contributed by atoms with E-state index in [-0.39, 0.29) is 5.92 Å². The van der Waals surface area contributed by atoms with Crippen LogP contribution in [-0.2, 0) is 0 Å². The molecule has 0 saturated heterocycles. The fraction of sp³-hybridized carbons (Fsp3) is 0.0345. The summed E-state index contributed by atoms with van der Waals surface area (Å²) in [6.45, 7) is 0.